The third-order valence-electron chi connectivity index (χ3n) is 16.6. The van der Waals surface area contributed by atoms with Crippen LogP contribution in [0, 0.1) is 40.9 Å². The van der Waals surface area contributed by atoms with Gasteiger partial charge in [-0.3, -0.25) is 0 Å². The van der Waals surface area contributed by atoms with Gasteiger partial charge in [0.15, 0.2) is 0 Å². The van der Waals surface area contributed by atoms with Gasteiger partial charge >= 0.3 is 0 Å². The van der Waals surface area contributed by atoms with Gasteiger partial charge in [-0.05, 0) is 168 Å². The number of hydrogen-bond acceptors (Lipinski definition) is 0. The first kappa shape index (κ1) is 31.1. The predicted molar refractivity (Wildman–Crippen MR) is 231 cm³/mol. The summed E-state index contributed by atoms with van der Waals surface area (Å²) in [6.07, 6.45) is 8.99. The number of fused-ring (bicyclic) bond motifs is 4. The van der Waals surface area contributed by atoms with E-state index in [9.17, 15) is 0 Å². The van der Waals surface area contributed by atoms with Gasteiger partial charge in [-0.2, -0.15) is 0 Å². The summed E-state index contributed by atoms with van der Waals surface area (Å²) in [6.45, 7) is 2.75. The van der Waals surface area contributed by atoms with Crippen LogP contribution in [0.25, 0.3) is 76.5 Å². The molecule has 8 aromatic carbocycles. The van der Waals surface area contributed by atoms with Crippen molar-refractivity contribution in [3.8, 4) is 33.4 Å². The molecule has 55 heavy (non-hydrogen) atoms. The zero-order valence-electron chi connectivity index (χ0n) is 31.6. The maximum Gasteiger partial charge on any atom is 0.00433 e. The number of rotatable bonds is 4. The van der Waals surface area contributed by atoms with Crippen molar-refractivity contribution in [1.29, 1.82) is 0 Å². The van der Waals surface area contributed by atoms with Crippen LogP contribution >= 0.6 is 0 Å². The van der Waals surface area contributed by atoms with Crippen molar-refractivity contribution in [2.24, 2.45) is 40.9 Å². The molecule has 266 valence electrons. The van der Waals surface area contributed by atoms with Crippen molar-refractivity contribution in [3.05, 3.63) is 157 Å². The molecule has 0 saturated heterocycles. The summed E-state index contributed by atoms with van der Waals surface area (Å²) in [5.74, 6) is 5.80. The molecule has 8 aromatic rings. The minimum absolute atomic E-state index is 0.382. The van der Waals surface area contributed by atoms with Crippen molar-refractivity contribution in [1.82, 2.24) is 0 Å². The van der Waals surface area contributed by atoms with Crippen LogP contribution in [0.3, 0.4) is 0 Å². The van der Waals surface area contributed by atoms with Gasteiger partial charge in [-0.15, -0.1) is 0 Å². The molecule has 0 spiro atoms. The molecule has 8 unspecified atom stereocenters. The normalized spacial score (nSPS) is 30.0. The lowest BCUT2D eigenvalue weighted by molar-refractivity contribution is -0.266. The quantitative estimate of drug-likeness (QED) is 0.160. The molecular formula is C55H46. The van der Waals surface area contributed by atoms with Crippen LogP contribution < -0.4 is 0 Å². The topological polar surface area (TPSA) is 0 Å². The van der Waals surface area contributed by atoms with Crippen molar-refractivity contribution >= 4 is 43.1 Å². The van der Waals surface area contributed by atoms with Crippen LogP contribution in [0.4, 0.5) is 0 Å². The zero-order chi connectivity index (χ0) is 36.0. The number of benzene rings is 8. The maximum atomic E-state index is 2.75. The molecule has 7 aliphatic carbocycles. The SMILES string of the molecule is CC12CC3CC4C5CC(CC41)CC2(c1ccc(-c2ccc4c(-c6cccc7ccccc67)c6ccccc6c(-c6cccc7ccccc67)c4c2)cc1)C5C3. The molecule has 0 N–H and O–H groups in total. The van der Waals surface area contributed by atoms with Crippen LogP contribution in [-0.4, -0.2) is 0 Å². The fourth-order valence-electron chi connectivity index (χ4n) is 14.9. The molecule has 7 saturated carbocycles. The Kier molecular flexibility index (Phi) is 6.20. The highest BCUT2D eigenvalue weighted by atomic mass is 14.8. The van der Waals surface area contributed by atoms with E-state index in [1.54, 1.807) is 12.0 Å². The summed E-state index contributed by atoms with van der Waals surface area (Å²) in [5, 5.41) is 10.4. The molecule has 8 bridgehead atoms. The van der Waals surface area contributed by atoms with Gasteiger partial charge < -0.3 is 0 Å². The average molecular weight is 707 g/mol. The summed E-state index contributed by atoms with van der Waals surface area (Å²) in [5.41, 5.74) is 10.4. The molecule has 8 atom stereocenters. The summed E-state index contributed by atoms with van der Waals surface area (Å²) in [4.78, 5) is 0. The van der Waals surface area contributed by atoms with Crippen molar-refractivity contribution in [2.45, 2.75) is 50.9 Å². The van der Waals surface area contributed by atoms with Gasteiger partial charge in [0.25, 0.3) is 0 Å². The van der Waals surface area contributed by atoms with E-state index in [1.165, 1.54) is 109 Å². The number of hydrogen-bond donors (Lipinski definition) is 0. The summed E-state index contributed by atoms with van der Waals surface area (Å²) in [7, 11) is 0. The molecular weight excluding hydrogens is 661 g/mol. The highest BCUT2D eigenvalue weighted by molar-refractivity contribution is 6.25. The van der Waals surface area contributed by atoms with E-state index in [-0.39, 0.29) is 0 Å². The Hall–Kier alpha value is -5.20. The summed E-state index contributed by atoms with van der Waals surface area (Å²) < 4.78 is 0. The average Bonchev–Trinajstić information content (AvgIpc) is 3.24. The standard InChI is InChI=1S/C55H46/c1-54-31-33-26-47-48-27-34(28-50(47)54)32-55(54,51(48)29-33)39-23-20-35(21-24-39)38-22-25-46-49(30-38)53(43-19-9-13-37-11-3-5-15-41(37)43)45-17-7-6-16-44(45)52(46)42-18-8-12-36-10-2-4-14-40(36)42/h2-25,30,33-34,47-48,50-51H,26-29,31-32H2,1H3. The molecule has 15 rings (SSSR count). The van der Waals surface area contributed by atoms with Crippen LogP contribution in [-0.2, 0) is 5.41 Å². The Morgan fingerprint density at radius 2 is 0.927 bits per heavy atom. The smallest absolute Gasteiger partial charge is 0.00433 e. The van der Waals surface area contributed by atoms with E-state index in [2.05, 4.69) is 159 Å². The lowest BCUT2D eigenvalue weighted by Gasteiger charge is -2.79. The van der Waals surface area contributed by atoms with Crippen LogP contribution in [0.2, 0.25) is 0 Å². The van der Waals surface area contributed by atoms with Crippen molar-refractivity contribution < 1.29 is 0 Å². The minimum atomic E-state index is 0.382. The minimum Gasteiger partial charge on any atom is -0.0616 e. The van der Waals surface area contributed by atoms with Crippen molar-refractivity contribution in [3.63, 3.8) is 0 Å². The zero-order valence-corrected chi connectivity index (χ0v) is 31.6. The second-order valence-corrected chi connectivity index (χ2v) is 18.7. The first-order chi connectivity index (χ1) is 27.1. The van der Waals surface area contributed by atoms with Gasteiger partial charge in [0, 0.05) is 5.41 Å². The second-order valence-electron chi connectivity index (χ2n) is 18.7. The molecule has 0 aliphatic heterocycles. The van der Waals surface area contributed by atoms with Gasteiger partial charge in [-0.25, -0.2) is 0 Å². The van der Waals surface area contributed by atoms with Gasteiger partial charge in [-0.1, -0.05) is 153 Å². The van der Waals surface area contributed by atoms with Crippen molar-refractivity contribution in [2.75, 3.05) is 0 Å². The first-order valence-corrected chi connectivity index (χ1v) is 21.1. The first-order valence-electron chi connectivity index (χ1n) is 21.1. The van der Waals surface area contributed by atoms with Gasteiger partial charge in [0.1, 0.15) is 0 Å². The maximum absolute atomic E-state index is 2.75. The molecule has 0 heteroatoms. The Bertz CT molecular complexity index is 2880. The molecule has 0 nitrogen and oxygen atoms in total. The van der Waals surface area contributed by atoms with Crippen LogP contribution in [0.15, 0.2) is 152 Å². The van der Waals surface area contributed by atoms with Crippen LogP contribution in [0.1, 0.15) is 51.0 Å². The van der Waals surface area contributed by atoms with Crippen LogP contribution in [0.5, 0.6) is 0 Å². The lowest BCUT2D eigenvalue weighted by Crippen LogP contribution is -2.74. The van der Waals surface area contributed by atoms with E-state index in [4.69, 9.17) is 0 Å². The molecule has 0 amide bonds. The largest absolute Gasteiger partial charge is 0.0616 e. The Balaban J connectivity index is 1.04. The van der Waals surface area contributed by atoms with Gasteiger partial charge in [0.05, 0.1) is 0 Å². The van der Waals surface area contributed by atoms with E-state index in [1.807, 2.05) is 0 Å². The monoisotopic (exact) mass is 706 g/mol. The molecule has 7 aliphatic rings. The molecule has 0 aromatic heterocycles. The van der Waals surface area contributed by atoms with E-state index in [0.29, 0.717) is 10.8 Å². The Morgan fingerprint density at radius 3 is 1.60 bits per heavy atom. The molecule has 0 heterocycles. The third-order valence-corrected chi connectivity index (χ3v) is 16.6. The van der Waals surface area contributed by atoms with E-state index >= 15 is 0 Å². The van der Waals surface area contributed by atoms with Gasteiger partial charge in [0.2, 0.25) is 0 Å². The highest BCUT2D eigenvalue weighted by Gasteiger charge is 2.74. The van der Waals surface area contributed by atoms with E-state index in [0.717, 1.165) is 35.5 Å². The Morgan fingerprint density at radius 1 is 0.418 bits per heavy atom. The highest BCUT2D eigenvalue weighted by Crippen LogP contribution is 2.80. The third kappa shape index (κ3) is 3.98. The molecule has 7 fully saturated rings. The fraction of sp³-hybridized carbons (Fsp3) is 0.273. The molecule has 0 radical (unpaired) electrons. The predicted octanol–water partition coefficient (Wildman–Crippen LogP) is 14.7. The summed E-state index contributed by atoms with van der Waals surface area (Å²) in [6, 6.07) is 58.1. The summed E-state index contributed by atoms with van der Waals surface area (Å²) >= 11 is 0. The second kappa shape index (κ2) is 11.0. The Labute approximate surface area is 324 Å². The lowest BCUT2D eigenvalue weighted by atomic mass is 9.25. The van der Waals surface area contributed by atoms with E-state index < -0.39 is 0 Å². The fourth-order valence-corrected chi connectivity index (χ4v) is 14.9.